The first-order valence-corrected chi connectivity index (χ1v) is 8.69. The van der Waals surface area contributed by atoms with Crippen LogP contribution < -0.4 is 0 Å². The van der Waals surface area contributed by atoms with Crippen LogP contribution in [0.4, 0.5) is 0 Å². The first-order chi connectivity index (χ1) is 9.50. The molecular formula is C14H15NO3S2. The molecule has 0 saturated heterocycles. The molecule has 2 aromatic rings. The Morgan fingerprint density at radius 1 is 1.25 bits per heavy atom. The highest BCUT2D eigenvalue weighted by Crippen LogP contribution is 2.36. The van der Waals surface area contributed by atoms with Crippen molar-refractivity contribution >= 4 is 21.4 Å². The number of hydrogen-bond acceptors (Lipinski definition) is 4. The van der Waals surface area contributed by atoms with Crippen LogP contribution in [0.25, 0.3) is 0 Å². The molecule has 1 aromatic heterocycles. The monoisotopic (exact) mass is 309 g/mol. The fourth-order valence-electron chi connectivity index (χ4n) is 2.57. The molecule has 20 heavy (non-hydrogen) atoms. The van der Waals surface area contributed by atoms with E-state index < -0.39 is 10.0 Å². The molecule has 4 nitrogen and oxygen atoms in total. The minimum atomic E-state index is -3.52. The average molecular weight is 309 g/mol. The molecule has 0 bridgehead atoms. The molecule has 106 valence electrons. The van der Waals surface area contributed by atoms with Gasteiger partial charge in [-0.15, -0.1) is 11.3 Å². The van der Waals surface area contributed by atoms with Crippen molar-refractivity contribution in [3.05, 3.63) is 46.2 Å². The van der Waals surface area contributed by atoms with Crippen LogP contribution in [-0.2, 0) is 16.4 Å². The van der Waals surface area contributed by atoms with Gasteiger partial charge < -0.3 is 5.11 Å². The molecule has 0 radical (unpaired) electrons. The number of hydrogen-bond donors (Lipinski definition) is 1. The summed E-state index contributed by atoms with van der Waals surface area (Å²) in [5.41, 5.74) is 1.10. The van der Waals surface area contributed by atoms with Crippen molar-refractivity contribution in [3.8, 4) is 5.75 Å². The van der Waals surface area contributed by atoms with Crippen molar-refractivity contribution in [2.24, 2.45) is 0 Å². The zero-order chi connectivity index (χ0) is 14.3. The highest BCUT2D eigenvalue weighted by molar-refractivity contribution is 7.89. The van der Waals surface area contributed by atoms with E-state index >= 15 is 0 Å². The van der Waals surface area contributed by atoms with Crippen LogP contribution in [0, 0.1) is 0 Å². The van der Waals surface area contributed by atoms with Crippen molar-refractivity contribution in [1.82, 2.24) is 4.31 Å². The van der Waals surface area contributed by atoms with Gasteiger partial charge in [-0.05, 0) is 54.6 Å². The summed E-state index contributed by atoms with van der Waals surface area (Å²) in [6.07, 6.45) is 0.759. The number of rotatable bonds is 2. The van der Waals surface area contributed by atoms with Gasteiger partial charge in [0.1, 0.15) is 5.75 Å². The molecule has 2 heterocycles. The Bertz CT molecular complexity index is 719. The number of aromatic hydroxyl groups is 1. The number of nitrogens with zero attached hydrogens (tertiary/aromatic N) is 1. The Kier molecular flexibility index (Phi) is 3.32. The smallest absolute Gasteiger partial charge is 0.243 e. The summed E-state index contributed by atoms with van der Waals surface area (Å²) in [4.78, 5) is 1.50. The number of fused-ring (bicyclic) bond motifs is 1. The number of phenolic OH excluding ortho intramolecular Hbond substituents is 1. The van der Waals surface area contributed by atoms with Crippen molar-refractivity contribution in [2.45, 2.75) is 24.3 Å². The largest absolute Gasteiger partial charge is 0.508 e. The fraction of sp³-hybridized carbons (Fsp3) is 0.286. The van der Waals surface area contributed by atoms with Crippen molar-refractivity contribution in [3.63, 3.8) is 0 Å². The topological polar surface area (TPSA) is 57.6 Å². The Morgan fingerprint density at radius 2 is 1.95 bits per heavy atom. The van der Waals surface area contributed by atoms with Crippen LogP contribution in [0.5, 0.6) is 5.75 Å². The van der Waals surface area contributed by atoms with Crippen LogP contribution in [0.3, 0.4) is 0 Å². The third kappa shape index (κ3) is 2.13. The van der Waals surface area contributed by atoms with Gasteiger partial charge in [-0.2, -0.15) is 4.31 Å². The van der Waals surface area contributed by atoms with Crippen LogP contribution in [-0.4, -0.2) is 24.4 Å². The summed E-state index contributed by atoms with van der Waals surface area (Å²) in [5, 5.41) is 11.3. The van der Waals surface area contributed by atoms with E-state index in [4.69, 9.17) is 0 Å². The van der Waals surface area contributed by atoms with Crippen LogP contribution in [0.15, 0.2) is 40.6 Å². The van der Waals surface area contributed by atoms with Gasteiger partial charge in [0.25, 0.3) is 0 Å². The maximum atomic E-state index is 12.7. The quantitative estimate of drug-likeness (QED) is 0.928. The summed E-state index contributed by atoms with van der Waals surface area (Å²) in [7, 11) is -3.52. The van der Waals surface area contributed by atoms with Crippen molar-refractivity contribution in [2.75, 3.05) is 6.54 Å². The van der Waals surface area contributed by atoms with E-state index in [0.29, 0.717) is 6.54 Å². The van der Waals surface area contributed by atoms with E-state index in [9.17, 15) is 13.5 Å². The van der Waals surface area contributed by atoms with E-state index in [-0.39, 0.29) is 16.7 Å². The second kappa shape index (κ2) is 4.87. The van der Waals surface area contributed by atoms with E-state index in [0.717, 1.165) is 12.0 Å². The second-order valence-corrected chi connectivity index (χ2v) is 7.73. The Morgan fingerprint density at radius 3 is 2.65 bits per heavy atom. The SMILES string of the molecule is CC1c2ccsc2CCN1S(=O)(=O)c1ccc(O)cc1. The maximum absolute atomic E-state index is 12.7. The highest BCUT2D eigenvalue weighted by Gasteiger charge is 2.34. The van der Waals surface area contributed by atoms with Gasteiger partial charge >= 0.3 is 0 Å². The number of sulfonamides is 1. The molecule has 1 atom stereocenters. The van der Waals surface area contributed by atoms with Crippen molar-refractivity contribution in [1.29, 1.82) is 0 Å². The van der Waals surface area contributed by atoms with Gasteiger partial charge in [0.05, 0.1) is 4.90 Å². The first kappa shape index (κ1) is 13.6. The van der Waals surface area contributed by atoms with Crippen LogP contribution in [0.2, 0.25) is 0 Å². The molecule has 1 aliphatic heterocycles. The fourth-order valence-corrected chi connectivity index (χ4v) is 5.14. The normalized spacial score (nSPS) is 19.8. The lowest BCUT2D eigenvalue weighted by Crippen LogP contribution is -2.38. The lowest BCUT2D eigenvalue weighted by atomic mass is 10.0. The Balaban J connectivity index is 1.99. The number of thiophene rings is 1. The number of benzene rings is 1. The lowest BCUT2D eigenvalue weighted by molar-refractivity contribution is 0.329. The molecule has 6 heteroatoms. The lowest BCUT2D eigenvalue weighted by Gasteiger charge is -2.32. The zero-order valence-electron chi connectivity index (χ0n) is 11.0. The van der Waals surface area contributed by atoms with E-state index in [2.05, 4.69) is 0 Å². The molecule has 0 fully saturated rings. The van der Waals surface area contributed by atoms with E-state index in [1.807, 2.05) is 18.4 Å². The second-order valence-electron chi connectivity index (χ2n) is 4.83. The zero-order valence-corrected chi connectivity index (χ0v) is 12.6. The molecule has 1 aliphatic rings. The van der Waals surface area contributed by atoms with Gasteiger partial charge in [-0.1, -0.05) is 0 Å². The Hall–Kier alpha value is -1.37. The first-order valence-electron chi connectivity index (χ1n) is 6.37. The van der Waals surface area contributed by atoms with E-state index in [1.54, 1.807) is 11.3 Å². The van der Waals surface area contributed by atoms with Crippen LogP contribution >= 0.6 is 11.3 Å². The predicted octanol–water partition coefficient (Wildman–Crippen LogP) is 2.76. The standard InChI is InChI=1S/C14H15NO3S2/c1-10-13-7-9-19-14(13)6-8-15(10)20(17,18)12-4-2-11(16)3-5-12/h2-5,7,9-10,16H,6,8H2,1H3. The molecule has 1 N–H and O–H groups in total. The third-order valence-electron chi connectivity index (χ3n) is 3.66. The van der Waals surface area contributed by atoms with Crippen molar-refractivity contribution < 1.29 is 13.5 Å². The van der Waals surface area contributed by atoms with Gasteiger partial charge in [-0.3, -0.25) is 0 Å². The summed E-state index contributed by atoms with van der Waals surface area (Å²) < 4.78 is 26.9. The van der Waals surface area contributed by atoms with E-state index in [1.165, 1.54) is 33.4 Å². The maximum Gasteiger partial charge on any atom is 0.243 e. The predicted molar refractivity (Wildman–Crippen MR) is 78.4 cm³/mol. The Labute approximate surface area is 122 Å². The minimum Gasteiger partial charge on any atom is -0.508 e. The van der Waals surface area contributed by atoms with Gasteiger partial charge in [0.15, 0.2) is 0 Å². The van der Waals surface area contributed by atoms with Gasteiger partial charge in [-0.25, -0.2) is 8.42 Å². The average Bonchev–Trinajstić information content (AvgIpc) is 2.88. The molecule has 3 rings (SSSR count). The van der Waals surface area contributed by atoms with Gasteiger partial charge in [0.2, 0.25) is 10.0 Å². The third-order valence-corrected chi connectivity index (χ3v) is 6.65. The minimum absolute atomic E-state index is 0.0655. The molecule has 1 aromatic carbocycles. The molecule has 0 spiro atoms. The molecule has 1 unspecified atom stereocenters. The van der Waals surface area contributed by atoms with Crippen LogP contribution in [0.1, 0.15) is 23.4 Å². The molecular weight excluding hydrogens is 294 g/mol. The molecule has 0 saturated carbocycles. The summed E-state index contributed by atoms with van der Waals surface area (Å²) >= 11 is 1.69. The summed E-state index contributed by atoms with van der Waals surface area (Å²) in [5.74, 6) is 0.0655. The summed E-state index contributed by atoms with van der Waals surface area (Å²) in [6.45, 7) is 2.42. The molecule has 0 amide bonds. The van der Waals surface area contributed by atoms with Gasteiger partial charge in [0, 0.05) is 17.5 Å². The number of phenols is 1. The molecule has 0 aliphatic carbocycles. The highest BCUT2D eigenvalue weighted by atomic mass is 32.2. The summed E-state index contributed by atoms with van der Waals surface area (Å²) in [6, 6.07) is 7.54.